The van der Waals surface area contributed by atoms with E-state index in [2.05, 4.69) is 30.0 Å². The van der Waals surface area contributed by atoms with Gasteiger partial charge in [-0.2, -0.15) is 5.10 Å². The topological polar surface area (TPSA) is 21.1 Å². The molecule has 0 aromatic carbocycles. The average Bonchev–Trinajstić information content (AvgIpc) is 3.47. The highest BCUT2D eigenvalue weighted by Crippen LogP contribution is 2.62. The lowest BCUT2D eigenvalue weighted by atomic mass is 10.0. The Morgan fingerprint density at radius 3 is 2.67 bits per heavy atom. The highest BCUT2D eigenvalue weighted by atomic mass is 15.3. The molecule has 0 amide bonds. The monoisotopic (exact) mass is 323 g/mol. The van der Waals surface area contributed by atoms with Gasteiger partial charge in [-0.25, -0.2) is 0 Å². The summed E-state index contributed by atoms with van der Waals surface area (Å²) in [6, 6.07) is 0. The number of hydrogen-bond acceptors (Lipinski definition) is 2. The molecule has 3 atom stereocenters. The summed E-state index contributed by atoms with van der Waals surface area (Å²) < 4.78 is 2.33. The fourth-order valence-electron chi connectivity index (χ4n) is 5.12. The van der Waals surface area contributed by atoms with Crippen LogP contribution in [0.2, 0.25) is 0 Å². The number of fused-ring (bicyclic) bond motifs is 3. The second-order valence-electron chi connectivity index (χ2n) is 8.50. The third kappa shape index (κ3) is 2.20. The number of nitrogens with zero attached hydrogens (tertiary/aromatic N) is 3. The van der Waals surface area contributed by atoms with Crippen molar-refractivity contribution in [3.05, 3.63) is 34.7 Å². The molecular weight excluding hydrogens is 294 g/mol. The number of likely N-dealkylation sites (tertiary alicyclic amines) is 1. The Labute approximate surface area is 145 Å². The van der Waals surface area contributed by atoms with Crippen LogP contribution in [-0.2, 0) is 13.0 Å². The number of aromatic nitrogens is 2. The molecule has 0 N–H and O–H groups in total. The van der Waals surface area contributed by atoms with Crippen molar-refractivity contribution >= 4 is 5.70 Å². The van der Waals surface area contributed by atoms with Crippen LogP contribution >= 0.6 is 0 Å². The van der Waals surface area contributed by atoms with Gasteiger partial charge in [0.2, 0.25) is 0 Å². The van der Waals surface area contributed by atoms with E-state index in [1.165, 1.54) is 55.6 Å². The van der Waals surface area contributed by atoms with E-state index < -0.39 is 0 Å². The van der Waals surface area contributed by atoms with E-state index in [-0.39, 0.29) is 0 Å². The second-order valence-corrected chi connectivity index (χ2v) is 8.50. The molecule has 5 rings (SSSR count). The van der Waals surface area contributed by atoms with Gasteiger partial charge in [-0.1, -0.05) is 24.6 Å². The lowest BCUT2D eigenvalue weighted by Crippen LogP contribution is -2.28. The van der Waals surface area contributed by atoms with Crippen LogP contribution in [0.25, 0.3) is 5.70 Å². The first kappa shape index (κ1) is 14.8. The molecular formula is C21H29N3. The van der Waals surface area contributed by atoms with E-state index in [0.717, 1.165) is 37.4 Å². The minimum absolute atomic E-state index is 0.763. The molecule has 3 nitrogen and oxygen atoms in total. The van der Waals surface area contributed by atoms with Crippen LogP contribution in [0, 0.1) is 11.8 Å². The summed E-state index contributed by atoms with van der Waals surface area (Å²) in [7, 11) is 0. The largest absolute Gasteiger partial charge is 0.370 e. The summed E-state index contributed by atoms with van der Waals surface area (Å²) >= 11 is 0. The van der Waals surface area contributed by atoms with Gasteiger partial charge in [-0.15, -0.1) is 0 Å². The van der Waals surface area contributed by atoms with Crippen LogP contribution in [0.15, 0.2) is 17.7 Å². The van der Waals surface area contributed by atoms with Gasteiger partial charge in [-0.05, 0) is 63.2 Å². The first-order valence-electron chi connectivity index (χ1n) is 9.86. The van der Waals surface area contributed by atoms with Gasteiger partial charge in [0.05, 0.1) is 12.2 Å². The molecule has 2 heterocycles. The maximum atomic E-state index is 5.11. The molecule has 0 bridgehead atoms. The summed E-state index contributed by atoms with van der Waals surface area (Å²) in [6.45, 7) is 12.5. The van der Waals surface area contributed by atoms with Crippen molar-refractivity contribution in [2.75, 3.05) is 13.1 Å². The van der Waals surface area contributed by atoms with E-state index >= 15 is 0 Å². The maximum Gasteiger partial charge on any atom is 0.112 e. The molecule has 1 aromatic heterocycles. The minimum Gasteiger partial charge on any atom is -0.370 e. The summed E-state index contributed by atoms with van der Waals surface area (Å²) in [6.07, 6.45) is 7.83. The Kier molecular flexibility index (Phi) is 3.23. The molecule has 4 aliphatic rings. The SMILES string of the molecule is C=C(c1nn(CC(C)=C2CC2)c2c1C1C(C2)[C@H]1C)N1CCCCC1. The number of piperidine rings is 1. The zero-order chi connectivity index (χ0) is 16.4. The molecule has 2 unspecified atom stereocenters. The van der Waals surface area contributed by atoms with Crippen LogP contribution < -0.4 is 0 Å². The van der Waals surface area contributed by atoms with E-state index in [0.29, 0.717) is 0 Å². The summed E-state index contributed by atoms with van der Waals surface area (Å²) in [5.74, 6) is 2.50. The molecule has 0 radical (unpaired) electrons. The van der Waals surface area contributed by atoms with E-state index in [1.807, 2.05) is 0 Å². The van der Waals surface area contributed by atoms with Gasteiger partial charge in [0.25, 0.3) is 0 Å². The Morgan fingerprint density at radius 2 is 1.96 bits per heavy atom. The summed E-state index contributed by atoms with van der Waals surface area (Å²) in [5.41, 5.74) is 8.73. The zero-order valence-electron chi connectivity index (χ0n) is 15.1. The highest BCUT2D eigenvalue weighted by Gasteiger charge is 2.56. The molecule has 1 saturated heterocycles. The van der Waals surface area contributed by atoms with Crippen LogP contribution in [0.3, 0.4) is 0 Å². The van der Waals surface area contributed by atoms with Gasteiger partial charge >= 0.3 is 0 Å². The normalized spacial score (nSPS) is 30.2. The number of allylic oxidation sites excluding steroid dienone is 2. The predicted octanol–water partition coefficient (Wildman–Crippen LogP) is 4.36. The molecule has 3 fully saturated rings. The van der Waals surface area contributed by atoms with Gasteiger partial charge in [-0.3, -0.25) is 4.68 Å². The van der Waals surface area contributed by atoms with Crippen LogP contribution in [0.5, 0.6) is 0 Å². The second kappa shape index (κ2) is 5.24. The molecule has 3 heteroatoms. The van der Waals surface area contributed by atoms with Crippen LogP contribution in [0.4, 0.5) is 0 Å². The predicted molar refractivity (Wildman–Crippen MR) is 97.7 cm³/mol. The van der Waals surface area contributed by atoms with Crippen molar-refractivity contribution in [2.45, 2.75) is 64.8 Å². The molecule has 0 spiro atoms. The summed E-state index contributed by atoms with van der Waals surface area (Å²) in [4.78, 5) is 2.49. The molecule has 3 aliphatic carbocycles. The van der Waals surface area contributed by atoms with Crippen molar-refractivity contribution in [1.29, 1.82) is 0 Å². The standard InChI is InChI=1S/C21H29N3/c1-13(16-7-8-16)12-24-18-11-17-14(2)19(17)20(18)21(22-24)15(3)23-9-5-4-6-10-23/h14,17,19H,3-12H2,1-2H3/t14-,17?,19?/m1/s1. The molecule has 24 heavy (non-hydrogen) atoms. The van der Waals surface area contributed by atoms with Crippen LogP contribution in [0.1, 0.15) is 68.8 Å². The molecule has 1 aliphatic heterocycles. The number of hydrogen-bond donors (Lipinski definition) is 0. The summed E-state index contributed by atoms with van der Waals surface area (Å²) in [5, 5.41) is 5.11. The Hall–Kier alpha value is -1.51. The smallest absolute Gasteiger partial charge is 0.112 e. The first-order chi connectivity index (χ1) is 11.6. The Balaban J connectivity index is 1.50. The van der Waals surface area contributed by atoms with E-state index in [4.69, 9.17) is 5.10 Å². The van der Waals surface area contributed by atoms with Crippen molar-refractivity contribution in [2.24, 2.45) is 11.8 Å². The van der Waals surface area contributed by atoms with Crippen LogP contribution in [-0.4, -0.2) is 27.8 Å². The Morgan fingerprint density at radius 1 is 1.21 bits per heavy atom. The maximum absolute atomic E-state index is 5.11. The molecule has 2 saturated carbocycles. The quantitative estimate of drug-likeness (QED) is 0.768. The third-order valence-corrected chi connectivity index (χ3v) is 6.92. The van der Waals surface area contributed by atoms with E-state index in [1.54, 1.807) is 16.7 Å². The molecule has 128 valence electrons. The first-order valence-corrected chi connectivity index (χ1v) is 9.86. The average molecular weight is 323 g/mol. The lowest BCUT2D eigenvalue weighted by molar-refractivity contribution is 0.325. The highest BCUT2D eigenvalue weighted by molar-refractivity contribution is 5.66. The van der Waals surface area contributed by atoms with Crippen molar-refractivity contribution in [3.63, 3.8) is 0 Å². The van der Waals surface area contributed by atoms with Gasteiger partial charge in [0.15, 0.2) is 0 Å². The fourth-order valence-corrected chi connectivity index (χ4v) is 5.12. The van der Waals surface area contributed by atoms with Gasteiger partial charge in [0, 0.05) is 24.3 Å². The minimum atomic E-state index is 0.763. The fraction of sp³-hybridized carbons (Fsp3) is 0.667. The van der Waals surface area contributed by atoms with Gasteiger partial charge < -0.3 is 4.90 Å². The third-order valence-electron chi connectivity index (χ3n) is 6.92. The zero-order valence-corrected chi connectivity index (χ0v) is 15.1. The van der Waals surface area contributed by atoms with Gasteiger partial charge in [0.1, 0.15) is 5.69 Å². The van der Waals surface area contributed by atoms with Crippen molar-refractivity contribution in [1.82, 2.24) is 14.7 Å². The van der Waals surface area contributed by atoms with E-state index in [9.17, 15) is 0 Å². The molecule has 1 aromatic rings. The lowest BCUT2D eigenvalue weighted by Gasteiger charge is -2.30. The Bertz CT molecular complexity index is 727. The number of rotatable bonds is 4. The van der Waals surface area contributed by atoms with Crippen molar-refractivity contribution in [3.8, 4) is 0 Å². The van der Waals surface area contributed by atoms with Crippen molar-refractivity contribution < 1.29 is 0 Å².